The maximum absolute atomic E-state index is 8.77. The van der Waals surface area contributed by atoms with Gasteiger partial charge in [0.05, 0.1) is 6.07 Å². The maximum Gasteiger partial charge on any atom is 0.224 e. The van der Waals surface area contributed by atoms with Gasteiger partial charge < -0.3 is 4.85 Å². The molecule has 0 amide bonds. The van der Waals surface area contributed by atoms with Crippen molar-refractivity contribution >= 4 is 0 Å². The fourth-order valence-electron chi connectivity index (χ4n) is 1.91. The van der Waals surface area contributed by atoms with Crippen LogP contribution in [0.4, 0.5) is 0 Å². The lowest BCUT2D eigenvalue weighted by atomic mass is 9.96. The Morgan fingerprint density at radius 1 is 1.42 bits per heavy atom. The molecule has 0 heterocycles. The van der Waals surface area contributed by atoms with Crippen LogP contribution in [0, 0.1) is 29.7 Å². The van der Waals surface area contributed by atoms with E-state index < -0.39 is 0 Å². The van der Waals surface area contributed by atoms with Crippen LogP contribution in [0.1, 0.15) is 32.6 Å². The second-order valence-corrected chi connectivity index (χ2v) is 3.76. The van der Waals surface area contributed by atoms with Crippen molar-refractivity contribution in [2.75, 3.05) is 0 Å². The fourth-order valence-corrected chi connectivity index (χ4v) is 1.91. The molecule has 1 aliphatic rings. The van der Waals surface area contributed by atoms with Gasteiger partial charge in [-0.1, -0.05) is 6.92 Å². The molecule has 64 valence electrons. The number of hydrogen-bond acceptors (Lipinski definition) is 1. The van der Waals surface area contributed by atoms with Crippen molar-refractivity contribution in [1.29, 1.82) is 5.26 Å². The quantitative estimate of drug-likeness (QED) is 0.397. The molecule has 1 rings (SSSR count). The first kappa shape index (κ1) is 9.07. The molecule has 0 aromatic carbocycles. The molecule has 0 aromatic heterocycles. The average Bonchev–Trinajstić information content (AvgIpc) is 2.26. The Balaban J connectivity index is 2.55. The summed E-state index contributed by atoms with van der Waals surface area (Å²) >= 11 is 0. The second kappa shape index (κ2) is 4.12. The van der Waals surface area contributed by atoms with Gasteiger partial charge in [0.25, 0.3) is 0 Å². The third-order valence-corrected chi connectivity index (χ3v) is 2.57. The van der Waals surface area contributed by atoms with Crippen LogP contribution in [0.2, 0.25) is 0 Å². The minimum Gasteiger partial charge on any atom is -0.314 e. The second-order valence-electron chi connectivity index (χ2n) is 3.76. The lowest BCUT2D eigenvalue weighted by Gasteiger charge is -2.07. The zero-order valence-corrected chi connectivity index (χ0v) is 7.45. The van der Waals surface area contributed by atoms with E-state index in [0.29, 0.717) is 5.92 Å². The Morgan fingerprint density at radius 2 is 2.17 bits per heavy atom. The van der Waals surface area contributed by atoms with Gasteiger partial charge in [-0.25, -0.2) is 6.57 Å². The van der Waals surface area contributed by atoms with E-state index in [-0.39, 0.29) is 12.0 Å². The van der Waals surface area contributed by atoms with E-state index in [1.165, 1.54) is 0 Å². The van der Waals surface area contributed by atoms with Gasteiger partial charge in [0.2, 0.25) is 6.04 Å². The number of nitriles is 1. The van der Waals surface area contributed by atoms with Crippen molar-refractivity contribution in [2.45, 2.75) is 38.6 Å². The van der Waals surface area contributed by atoms with Crippen LogP contribution < -0.4 is 0 Å². The van der Waals surface area contributed by atoms with Crippen LogP contribution >= 0.6 is 0 Å². The van der Waals surface area contributed by atoms with Gasteiger partial charge >= 0.3 is 0 Å². The van der Waals surface area contributed by atoms with Gasteiger partial charge in [-0.15, -0.1) is 0 Å². The normalized spacial score (nSPS) is 36.1. The molecular formula is C10H14N2. The molecule has 0 spiro atoms. The lowest BCUT2D eigenvalue weighted by Crippen LogP contribution is -2.04. The molecule has 3 unspecified atom stereocenters. The summed E-state index contributed by atoms with van der Waals surface area (Å²) in [5.74, 6) is 0.753. The van der Waals surface area contributed by atoms with E-state index in [1.54, 1.807) is 0 Å². The standard InChI is InChI=1S/C10H14N2/c1-8-5-9(7-11)3-4-10(6-8)12-2/h8-10H,3-6H2,1H3. The minimum absolute atomic E-state index is 0.179. The molecule has 3 atom stereocenters. The van der Waals surface area contributed by atoms with Crippen molar-refractivity contribution < 1.29 is 0 Å². The van der Waals surface area contributed by atoms with Gasteiger partial charge in [0.15, 0.2) is 0 Å². The topological polar surface area (TPSA) is 28.1 Å². The van der Waals surface area contributed by atoms with Crippen LogP contribution in [0.5, 0.6) is 0 Å². The molecule has 0 radical (unpaired) electrons. The summed E-state index contributed by atoms with van der Waals surface area (Å²) in [5.41, 5.74) is 0. The fraction of sp³-hybridized carbons (Fsp3) is 0.800. The molecule has 2 nitrogen and oxygen atoms in total. The van der Waals surface area contributed by atoms with Gasteiger partial charge in [-0.2, -0.15) is 5.26 Å². The van der Waals surface area contributed by atoms with Gasteiger partial charge in [-0.05, 0) is 18.8 Å². The summed E-state index contributed by atoms with van der Waals surface area (Å²) in [6.07, 6.45) is 3.82. The molecule has 1 fully saturated rings. The predicted molar refractivity (Wildman–Crippen MR) is 47.1 cm³/mol. The SMILES string of the molecule is [C-]#[N+]C1CCC(C#N)CC(C)C1. The number of rotatable bonds is 0. The molecule has 1 saturated carbocycles. The summed E-state index contributed by atoms with van der Waals surface area (Å²) in [6.45, 7) is 9.10. The van der Waals surface area contributed by atoms with Gasteiger partial charge in [0, 0.05) is 18.8 Å². The first-order valence-corrected chi connectivity index (χ1v) is 4.52. The maximum atomic E-state index is 8.77. The molecule has 0 N–H and O–H groups in total. The Hall–Kier alpha value is -1.02. The van der Waals surface area contributed by atoms with E-state index in [1.807, 2.05) is 0 Å². The van der Waals surface area contributed by atoms with Gasteiger partial charge in [0.1, 0.15) is 0 Å². The van der Waals surface area contributed by atoms with Crippen LogP contribution in [0.15, 0.2) is 0 Å². The summed E-state index contributed by atoms with van der Waals surface area (Å²) in [7, 11) is 0. The molecular weight excluding hydrogens is 148 g/mol. The monoisotopic (exact) mass is 162 g/mol. The molecule has 1 aliphatic carbocycles. The van der Waals surface area contributed by atoms with Crippen LogP contribution in [-0.4, -0.2) is 6.04 Å². The summed E-state index contributed by atoms with van der Waals surface area (Å²) < 4.78 is 0. The highest BCUT2D eigenvalue weighted by molar-refractivity contribution is 4.92. The zero-order valence-electron chi connectivity index (χ0n) is 7.45. The summed E-state index contributed by atoms with van der Waals surface area (Å²) in [6, 6.07) is 2.50. The number of nitrogens with zero attached hydrogens (tertiary/aromatic N) is 2. The van der Waals surface area contributed by atoms with E-state index >= 15 is 0 Å². The van der Waals surface area contributed by atoms with Crippen molar-refractivity contribution in [3.05, 3.63) is 11.4 Å². The van der Waals surface area contributed by atoms with Crippen molar-refractivity contribution in [3.8, 4) is 6.07 Å². The third kappa shape index (κ3) is 2.24. The Labute approximate surface area is 74.0 Å². The smallest absolute Gasteiger partial charge is 0.224 e. The third-order valence-electron chi connectivity index (χ3n) is 2.57. The van der Waals surface area contributed by atoms with Gasteiger partial charge in [-0.3, -0.25) is 0 Å². The Morgan fingerprint density at radius 3 is 2.75 bits per heavy atom. The summed E-state index contributed by atoms with van der Waals surface area (Å²) in [5, 5.41) is 8.77. The van der Waals surface area contributed by atoms with Crippen molar-refractivity contribution in [1.82, 2.24) is 0 Å². The number of hydrogen-bond donors (Lipinski definition) is 0. The Bertz CT molecular complexity index is 197. The predicted octanol–water partition coefficient (Wildman–Crippen LogP) is 2.62. The minimum atomic E-state index is 0.179. The largest absolute Gasteiger partial charge is 0.314 e. The summed E-state index contributed by atoms with van der Waals surface area (Å²) in [4.78, 5) is 3.57. The molecule has 0 saturated heterocycles. The van der Waals surface area contributed by atoms with E-state index in [4.69, 9.17) is 11.8 Å². The van der Waals surface area contributed by atoms with E-state index in [0.717, 1.165) is 25.7 Å². The highest BCUT2D eigenvalue weighted by Crippen LogP contribution is 2.28. The van der Waals surface area contributed by atoms with E-state index in [2.05, 4.69) is 17.8 Å². The molecule has 2 heteroatoms. The lowest BCUT2D eigenvalue weighted by molar-refractivity contribution is 0.456. The zero-order chi connectivity index (χ0) is 8.97. The highest BCUT2D eigenvalue weighted by Gasteiger charge is 2.25. The Kier molecular flexibility index (Phi) is 3.11. The molecule has 0 aromatic rings. The van der Waals surface area contributed by atoms with Crippen LogP contribution in [0.3, 0.4) is 0 Å². The first-order chi connectivity index (χ1) is 5.76. The van der Waals surface area contributed by atoms with Crippen molar-refractivity contribution in [2.24, 2.45) is 11.8 Å². The highest BCUT2D eigenvalue weighted by atomic mass is 14.7. The van der Waals surface area contributed by atoms with Crippen LogP contribution in [0.25, 0.3) is 4.85 Å². The molecule has 0 bridgehead atoms. The first-order valence-electron chi connectivity index (χ1n) is 4.52. The molecule has 0 aliphatic heterocycles. The molecule has 12 heavy (non-hydrogen) atoms. The van der Waals surface area contributed by atoms with Crippen molar-refractivity contribution in [3.63, 3.8) is 0 Å². The van der Waals surface area contributed by atoms with E-state index in [9.17, 15) is 0 Å². The average molecular weight is 162 g/mol. The van der Waals surface area contributed by atoms with Crippen LogP contribution in [-0.2, 0) is 0 Å².